The maximum atomic E-state index is 11.7. The molecule has 0 saturated heterocycles. The third kappa shape index (κ3) is 5.53. The van der Waals surface area contributed by atoms with Gasteiger partial charge in [0.15, 0.2) is 0 Å². The Bertz CT molecular complexity index is 90.3. The van der Waals surface area contributed by atoms with Crippen molar-refractivity contribution in [3.8, 4) is 0 Å². The average Bonchev–Trinajstić information content (AvgIpc) is 1.21. The van der Waals surface area contributed by atoms with E-state index >= 15 is 0 Å². The summed E-state index contributed by atoms with van der Waals surface area (Å²) in [5.41, 5.74) is 0. The number of halogens is 3. The van der Waals surface area contributed by atoms with E-state index in [2.05, 4.69) is 6.58 Å². The van der Waals surface area contributed by atoms with E-state index in [4.69, 9.17) is 0 Å². The summed E-state index contributed by atoms with van der Waals surface area (Å²) in [6.07, 6.45) is -0.868. The summed E-state index contributed by atoms with van der Waals surface area (Å²) in [4.78, 5) is 0. The Morgan fingerprint density at radius 2 is 2.00 bits per heavy atom. The van der Waals surface area contributed by atoms with Crippen LogP contribution in [0.25, 0.3) is 0 Å². The number of allylic oxidation sites excluding steroid dienone is 1. The van der Waals surface area contributed by atoms with Crippen LogP contribution in [0.2, 0.25) is 0 Å². The van der Waals surface area contributed by atoms with Gasteiger partial charge in [0.25, 0.3) is 5.92 Å². The molecule has 0 nitrogen and oxygen atoms in total. The van der Waals surface area contributed by atoms with Crippen LogP contribution in [0.4, 0.5) is 13.2 Å². The zero-order chi connectivity index (χ0) is 6.78. The standard InChI is InChI=1S/C5H7F3/c1-4(6)3-5(2,7)8/h1,3H2,2H3. The van der Waals surface area contributed by atoms with Gasteiger partial charge in [-0.1, -0.05) is 6.58 Å². The van der Waals surface area contributed by atoms with Crippen molar-refractivity contribution in [1.82, 2.24) is 0 Å². The van der Waals surface area contributed by atoms with E-state index in [0.29, 0.717) is 6.92 Å². The molecule has 0 amide bonds. The van der Waals surface area contributed by atoms with Crippen LogP contribution in [0.1, 0.15) is 13.3 Å². The van der Waals surface area contributed by atoms with E-state index in [0.717, 1.165) is 0 Å². The van der Waals surface area contributed by atoms with Crippen molar-refractivity contribution in [2.24, 2.45) is 0 Å². The van der Waals surface area contributed by atoms with Crippen molar-refractivity contribution in [3.05, 3.63) is 12.4 Å². The smallest absolute Gasteiger partial charge is 0.212 e. The molecule has 0 radical (unpaired) electrons. The third-order valence-corrected chi connectivity index (χ3v) is 0.502. The lowest BCUT2D eigenvalue weighted by Gasteiger charge is -2.05. The highest BCUT2D eigenvalue weighted by atomic mass is 19.3. The van der Waals surface area contributed by atoms with Crippen LogP contribution in [-0.4, -0.2) is 5.92 Å². The molecule has 0 aromatic rings. The zero-order valence-electron chi connectivity index (χ0n) is 4.55. The Morgan fingerprint density at radius 1 is 1.62 bits per heavy atom. The van der Waals surface area contributed by atoms with Gasteiger partial charge in [0.05, 0.1) is 12.2 Å². The molecule has 3 heteroatoms. The van der Waals surface area contributed by atoms with Crippen LogP contribution in [0.5, 0.6) is 0 Å². The minimum Gasteiger partial charge on any atom is -0.212 e. The van der Waals surface area contributed by atoms with Gasteiger partial charge >= 0.3 is 0 Å². The van der Waals surface area contributed by atoms with E-state index in [-0.39, 0.29) is 0 Å². The zero-order valence-corrected chi connectivity index (χ0v) is 4.55. The first-order chi connectivity index (χ1) is 3.42. The molecule has 0 heterocycles. The van der Waals surface area contributed by atoms with Crippen LogP contribution < -0.4 is 0 Å². The quantitative estimate of drug-likeness (QED) is 0.530. The molecule has 0 aliphatic heterocycles. The molecule has 0 unspecified atom stereocenters. The van der Waals surface area contributed by atoms with Gasteiger partial charge in [0.2, 0.25) is 0 Å². The van der Waals surface area contributed by atoms with Crippen LogP contribution in [0.15, 0.2) is 12.4 Å². The summed E-state index contributed by atoms with van der Waals surface area (Å²) in [7, 11) is 0. The molecule has 0 aromatic carbocycles. The largest absolute Gasteiger partial charge is 0.251 e. The second-order valence-electron chi connectivity index (χ2n) is 1.76. The molecular formula is C5H7F3. The second-order valence-corrected chi connectivity index (χ2v) is 1.76. The van der Waals surface area contributed by atoms with Gasteiger partial charge in [-0.2, -0.15) is 0 Å². The minimum atomic E-state index is -2.95. The average molecular weight is 124 g/mol. The highest BCUT2D eigenvalue weighted by Crippen LogP contribution is 2.21. The summed E-state index contributed by atoms with van der Waals surface area (Å²) in [5.74, 6) is -3.93. The monoisotopic (exact) mass is 124 g/mol. The van der Waals surface area contributed by atoms with Crippen LogP contribution in [0.3, 0.4) is 0 Å². The Hall–Kier alpha value is -0.470. The number of hydrogen-bond acceptors (Lipinski definition) is 0. The lowest BCUT2D eigenvalue weighted by Crippen LogP contribution is -2.08. The number of rotatable bonds is 2. The summed E-state index contributed by atoms with van der Waals surface area (Å²) in [6.45, 7) is 3.34. The molecule has 0 fully saturated rings. The Balaban J connectivity index is 3.55. The number of alkyl halides is 2. The predicted octanol–water partition coefficient (Wildman–Crippen LogP) is 2.51. The van der Waals surface area contributed by atoms with E-state index in [9.17, 15) is 13.2 Å². The third-order valence-electron chi connectivity index (χ3n) is 0.502. The summed E-state index contributed by atoms with van der Waals surface area (Å²) < 4.78 is 34.9. The van der Waals surface area contributed by atoms with Crippen LogP contribution >= 0.6 is 0 Å². The normalized spacial score (nSPS) is 11.5. The predicted molar refractivity (Wildman–Crippen MR) is 25.5 cm³/mol. The van der Waals surface area contributed by atoms with Gasteiger partial charge in [-0.15, -0.1) is 0 Å². The summed E-state index contributed by atoms with van der Waals surface area (Å²) in [5, 5.41) is 0. The molecular weight excluding hydrogens is 117 g/mol. The highest BCUT2D eigenvalue weighted by Gasteiger charge is 2.21. The Labute approximate surface area is 46.0 Å². The van der Waals surface area contributed by atoms with Crippen LogP contribution in [0, 0.1) is 0 Å². The summed E-state index contributed by atoms with van der Waals surface area (Å²) in [6, 6.07) is 0. The fourth-order valence-corrected chi connectivity index (χ4v) is 0.337. The molecule has 48 valence electrons. The maximum absolute atomic E-state index is 11.7. The van der Waals surface area contributed by atoms with Gasteiger partial charge in [-0.25, -0.2) is 13.2 Å². The molecule has 0 spiro atoms. The SMILES string of the molecule is C=C(F)CC(C)(F)F. The van der Waals surface area contributed by atoms with Crippen molar-refractivity contribution in [3.63, 3.8) is 0 Å². The Kier molecular flexibility index (Phi) is 2.07. The molecule has 0 rings (SSSR count). The minimum absolute atomic E-state index is 0.651. The van der Waals surface area contributed by atoms with E-state index in [1.165, 1.54) is 0 Å². The molecule has 0 aliphatic carbocycles. The van der Waals surface area contributed by atoms with Crippen molar-refractivity contribution in [2.45, 2.75) is 19.3 Å². The van der Waals surface area contributed by atoms with E-state index < -0.39 is 18.2 Å². The fourth-order valence-electron chi connectivity index (χ4n) is 0.337. The van der Waals surface area contributed by atoms with Gasteiger partial charge in [-0.05, 0) is 6.92 Å². The second kappa shape index (κ2) is 2.20. The first-order valence-corrected chi connectivity index (χ1v) is 2.13. The van der Waals surface area contributed by atoms with E-state index in [1.807, 2.05) is 0 Å². The lowest BCUT2D eigenvalue weighted by atomic mass is 10.2. The van der Waals surface area contributed by atoms with Crippen molar-refractivity contribution in [1.29, 1.82) is 0 Å². The lowest BCUT2D eigenvalue weighted by molar-refractivity contribution is 0.0177. The fraction of sp³-hybridized carbons (Fsp3) is 0.600. The van der Waals surface area contributed by atoms with Crippen molar-refractivity contribution in [2.75, 3.05) is 0 Å². The van der Waals surface area contributed by atoms with Crippen molar-refractivity contribution < 1.29 is 13.2 Å². The van der Waals surface area contributed by atoms with Crippen LogP contribution in [-0.2, 0) is 0 Å². The van der Waals surface area contributed by atoms with Crippen molar-refractivity contribution >= 4 is 0 Å². The Morgan fingerprint density at radius 3 is 2.00 bits per heavy atom. The topological polar surface area (TPSA) is 0 Å². The van der Waals surface area contributed by atoms with E-state index in [1.54, 1.807) is 0 Å². The molecule has 8 heavy (non-hydrogen) atoms. The molecule has 0 saturated carbocycles. The molecule has 0 aromatic heterocycles. The molecule has 0 aliphatic rings. The number of hydrogen-bond donors (Lipinski definition) is 0. The van der Waals surface area contributed by atoms with Gasteiger partial charge in [-0.3, -0.25) is 0 Å². The molecule has 0 atom stereocenters. The maximum Gasteiger partial charge on any atom is 0.251 e. The first-order valence-electron chi connectivity index (χ1n) is 2.13. The molecule has 0 bridgehead atoms. The summed E-state index contributed by atoms with van der Waals surface area (Å²) >= 11 is 0. The van der Waals surface area contributed by atoms with Gasteiger partial charge in [0.1, 0.15) is 0 Å². The highest BCUT2D eigenvalue weighted by molar-refractivity contribution is 4.84. The molecule has 0 N–H and O–H groups in total. The van der Waals surface area contributed by atoms with Gasteiger partial charge < -0.3 is 0 Å². The first kappa shape index (κ1) is 7.53. The van der Waals surface area contributed by atoms with Gasteiger partial charge in [0, 0.05) is 0 Å².